The van der Waals surface area contributed by atoms with E-state index in [1.165, 1.54) is 0 Å². The number of aliphatic carboxylic acids is 1. The Morgan fingerprint density at radius 2 is 1.68 bits per heavy atom. The van der Waals surface area contributed by atoms with E-state index in [0.717, 1.165) is 11.1 Å². The predicted molar refractivity (Wildman–Crippen MR) is 64.1 cm³/mol. The number of benzene rings is 1. The van der Waals surface area contributed by atoms with Gasteiger partial charge in [-0.2, -0.15) is 0 Å². The summed E-state index contributed by atoms with van der Waals surface area (Å²) in [4.78, 5) is 35.4. The summed E-state index contributed by atoms with van der Waals surface area (Å²) in [5, 5.41) is 17.5. The fourth-order valence-electron chi connectivity index (χ4n) is 1.48. The molecule has 0 aliphatic carbocycles. The van der Waals surface area contributed by atoms with Crippen molar-refractivity contribution in [2.45, 2.75) is 19.3 Å². The maximum atomic E-state index is 10.9. The summed E-state index contributed by atoms with van der Waals surface area (Å²) >= 11 is 0. The van der Waals surface area contributed by atoms with Gasteiger partial charge in [0.1, 0.15) is 6.61 Å². The normalized spacial score (nSPS) is 9.89. The highest BCUT2D eigenvalue weighted by atomic mass is 16.9. The fourth-order valence-corrected chi connectivity index (χ4v) is 1.48. The van der Waals surface area contributed by atoms with Crippen LogP contribution in [0.2, 0.25) is 0 Å². The molecule has 0 unspecified atom stereocenters. The molecular formula is C12H13NO6. The van der Waals surface area contributed by atoms with Crippen LogP contribution >= 0.6 is 0 Å². The van der Waals surface area contributed by atoms with Crippen molar-refractivity contribution in [3.05, 3.63) is 45.5 Å². The number of Topliss-reactive ketones (excluding diaryl/α,β-unsaturated/α-hetero) is 1. The third-order valence-electron chi connectivity index (χ3n) is 2.49. The molecule has 7 nitrogen and oxygen atoms in total. The lowest BCUT2D eigenvalue weighted by atomic mass is 10.0. The molecule has 0 saturated carbocycles. The van der Waals surface area contributed by atoms with Crippen LogP contribution in [0.3, 0.4) is 0 Å². The molecule has 1 rings (SSSR count). The minimum absolute atomic E-state index is 0.0101. The lowest BCUT2D eigenvalue weighted by Crippen LogP contribution is -2.12. The number of aryl methyl sites for hydroxylation is 1. The molecule has 0 aliphatic heterocycles. The SMILES string of the molecule is O=C(O)C(=O)CCc1ccc(CCO[N+](=O)[O-])cc1. The van der Waals surface area contributed by atoms with Crippen molar-refractivity contribution in [3.8, 4) is 0 Å². The number of hydrogen-bond acceptors (Lipinski definition) is 5. The van der Waals surface area contributed by atoms with Crippen LogP contribution in [0.4, 0.5) is 0 Å². The van der Waals surface area contributed by atoms with E-state index in [-0.39, 0.29) is 13.0 Å². The first-order chi connectivity index (χ1) is 8.99. The van der Waals surface area contributed by atoms with Gasteiger partial charge in [-0.15, -0.1) is 10.1 Å². The van der Waals surface area contributed by atoms with Crippen LogP contribution in [-0.2, 0) is 27.3 Å². The van der Waals surface area contributed by atoms with Gasteiger partial charge < -0.3 is 9.94 Å². The van der Waals surface area contributed by atoms with Crippen molar-refractivity contribution in [1.29, 1.82) is 0 Å². The van der Waals surface area contributed by atoms with E-state index in [1.807, 2.05) is 0 Å². The Kier molecular flexibility index (Phi) is 5.46. The molecule has 19 heavy (non-hydrogen) atoms. The monoisotopic (exact) mass is 267 g/mol. The number of carboxylic acid groups (broad SMARTS) is 1. The van der Waals surface area contributed by atoms with Gasteiger partial charge in [0.05, 0.1) is 0 Å². The minimum Gasteiger partial charge on any atom is -0.476 e. The molecule has 0 aliphatic rings. The quantitative estimate of drug-likeness (QED) is 0.428. The van der Waals surface area contributed by atoms with Gasteiger partial charge >= 0.3 is 5.97 Å². The van der Waals surface area contributed by atoms with E-state index < -0.39 is 16.8 Å². The van der Waals surface area contributed by atoms with Crippen molar-refractivity contribution in [2.24, 2.45) is 0 Å². The van der Waals surface area contributed by atoms with Gasteiger partial charge in [0, 0.05) is 6.42 Å². The maximum absolute atomic E-state index is 10.9. The Balaban J connectivity index is 2.41. The molecular weight excluding hydrogens is 254 g/mol. The molecule has 0 radical (unpaired) electrons. The summed E-state index contributed by atoms with van der Waals surface area (Å²) in [6, 6.07) is 7.06. The van der Waals surface area contributed by atoms with Crippen molar-refractivity contribution >= 4 is 11.8 Å². The first kappa shape index (κ1) is 14.6. The Hall–Kier alpha value is -2.44. The van der Waals surface area contributed by atoms with Crippen LogP contribution in [0.1, 0.15) is 17.5 Å². The van der Waals surface area contributed by atoms with Gasteiger partial charge in [0.15, 0.2) is 0 Å². The van der Waals surface area contributed by atoms with Crippen LogP contribution in [0.5, 0.6) is 0 Å². The average molecular weight is 267 g/mol. The van der Waals surface area contributed by atoms with E-state index in [0.29, 0.717) is 12.8 Å². The molecule has 1 aromatic carbocycles. The molecule has 0 aromatic heterocycles. The summed E-state index contributed by atoms with van der Waals surface area (Å²) < 4.78 is 0. The summed E-state index contributed by atoms with van der Waals surface area (Å²) in [6.45, 7) is -0.0101. The molecule has 0 fully saturated rings. The molecule has 0 atom stereocenters. The summed E-state index contributed by atoms with van der Waals surface area (Å²) in [6.07, 6.45) is 0.727. The van der Waals surface area contributed by atoms with Crippen LogP contribution < -0.4 is 0 Å². The van der Waals surface area contributed by atoms with Crippen LogP contribution in [0.25, 0.3) is 0 Å². The lowest BCUT2D eigenvalue weighted by Gasteiger charge is -2.03. The first-order valence-electron chi connectivity index (χ1n) is 5.60. The second-order valence-corrected chi connectivity index (χ2v) is 3.85. The molecule has 102 valence electrons. The third-order valence-corrected chi connectivity index (χ3v) is 2.49. The molecule has 0 saturated heterocycles. The summed E-state index contributed by atoms with van der Waals surface area (Å²) in [7, 11) is 0. The molecule has 1 aromatic rings. The van der Waals surface area contributed by atoms with Crippen LogP contribution in [0, 0.1) is 10.1 Å². The van der Waals surface area contributed by atoms with Crippen molar-refractivity contribution in [1.82, 2.24) is 0 Å². The predicted octanol–water partition coefficient (Wildman–Crippen LogP) is 1.02. The van der Waals surface area contributed by atoms with Crippen LogP contribution in [-0.4, -0.2) is 28.6 Å². The number of carbonyl (C=O) groups excluding carboxylic acids is 1. The highest BCUT2D eigenvalue weighted by molar-refractivity contribution is 6.32. The second kappa shape index (κ2) is 7.10. The van der Waals surface area contributed by atoms with E-state index in [9.17, 15) is 19.7 Å². The summed E-state index contributed by atoms with van der Waals surface area (Å²) in [5.41, 5.74) is 1.71. The Bertz CT molecular complexity index is 468. The molecule has 1 N–H and O–H groups in total. The van der Waals surface area contributed by atoms with Gasteiger partial charge in [-0.1, -0.05) is 24.3 Å². The summed E-state index contributed by atoms with van der Waals surface area (Å²) in [5.74, 6) is -2.24. The Morgan fingerprint density at radius 3 is 2.16 bits per heavy atom. The smallest absolute Gasteiger partial charge is 0.372 e. The van der Waals surface area contributed by atoms with Crippen LogP contribution in [0.15, 0.2) is 24.3 Å². The van der Waals surface area contributed by atoms with Gasteiger partial charge in [-0.3, -0.25) is 4.79 Å². The Morgan fingerprint density at radius 1 is 1.16 bits per heavy atom. The van der Waals surface area contributed by atoms with Crippen molar-refractivity contribution in [3.63, 3.8) is 0 Å². The zero-order chi connectivity index (χ0) is 14.3. The zero-order valence-electron chi connectivity index (χ0n) is 10.1. The maximum Gasteiger partial charge on any atom is 0.372 e. The van der Waals surface area contributed by atoms with E-state index in [1.54, 1.807) is 24.3 Å². The van der Waals surface area contributed by atoms with E-state index in [2.05, 4.69) is 4.84 Å². The number of nitrogens with zero attached hydrogens (tertiary/aromatic N) is 1. The largest absolute Gasteiger partial charge is 0.476 e. The van der Waals surface area contributed by atoms with Crippen molar-refractivity contribution < 1.29 is 24.6 Å². The molecule has 0 bridgehead atoms. The average Bonchev–Trinajstić information content (AvgIpc) is 2.37. The number of carbonyl (C=O) groups is 2. The Labute approximate surface area is 108 Å². The highest BCUT2D eigenvalue weighted by Gasteiger charge is 2.10. The van der Waals surface area contributed by atoms with Gasteiger partial charge in [-0.05, 0) is 24.0 Å². The fraction of sp³-hybridized carbons (Fsp3) is 0.333. The minimum atomic E-state index is -1.42. The number of carboxylic acids is 1. The third kappa shape index (κ3) is 5.62. The number of ketones is 1. The standard InChI is InChI=1S/C12H13NO6/c14-11(12(15)16)6-5-9-1-3-10(4-2-9)7-8-19-13(17)18/h1-4H,5-8H2,(H,15,16). The highest BCUT2D eigenvalue weighted by Crippen LogP contribution is 2.08. The second-order valence-electron chi connectivity index (χ2n) is 3.85. The van der Waals surface area contributed by atoms with E-state index >= 15 is 0 Å². The number of rotatable bonds is 8. The zero-order valence-corrected chi connectivity index (χ0v) is 10.1. The topological polar surface area (TPSA) is 107 Å². The number of hydrogen-bond donors (Lipinski definition) is 1. The van der Waals surface area contributed by atoms with Gasteiger partial charge in [0.25, 0.3) is 5.09 Å². The first-order valence-corrected chi connectivity index (χ1v) is 5.60. The van der Waals surface area contributed by atoms with Gasteiger partial charge in [0.2, 0.25) is 5.78 Å². The molecule has 0 heterocycles. The molecule has 0 spiro atoms. The lowest BCUT2D eigenvalue weighted by molar-refractivity contribution is -0.757. The van der Waals surface area contributed by atoms with Gasteiger partial charge in [-0.25, -0.2) is 4.79 Å². The molecule has 0 amide bonds. The van der Waals surface area contributed by atoms with Crippen molar-refractivity contribution in [2.75, 3.05) is 6.61 Å². The van der Waals surface area contributed by atoms with E-state index in [4.69, 9.17) is 5.11 Å². The molecule has 7 heteroatoms.